The number of rotatable bonds is 13. The van der Waals surface area contributed by atoms with Gasteiger partial charge in [-0.15, -0.1) is 0 Å². The molecule has 0 bridgehead atoms. The van der Waals surface area contributed by atoms with E-state index in [0.29, 0.717) is 0 Å². The van der Waals surface area contributed by atoms with Gasteiger partial charge < -0.3 is 13.2 Å². The fourth-order valence-electron chi connectivity index (χ4n) is 21.4. The van der Waals surface area contributed by atoms with Gasteiger partial charge in [-0.3, -0.25) is 0 Å². The number of benzene rings is 22. The summed E-state index contributed by atoms with van der Waals surface area (Å²) in [5.41, 5.74) is 43.4. The van der Waals surface area contributed by atoms with E-state index in [9.17, 15) is 0 Å². The van der Waals surface area contributed by atoms with E-state index >= 15 is 0 Å². The van der Waals surface area contributed by atoms with Crippen LogP contribution in [0.2, 0.25) is 0 Å². The van der Waals surface area contributed by atoms with Crippen LogP contribution < -0.4 is 0 Å². The van der Waals surface area contributed by atoms with Crippen molar-refractivity contribution in [2.75, 3.05) is 0 Å². The first-order valence-corrected chi connectivity index (χ1v) is 46.6. The summed E-state index contributed by atoms with van der Waals surface area (Å²) in [6, 6.07) is 188. The fraction of sp³-hybridized carbons (Fsp3) is 0. The first kappa shape index (κ1) is 78.3. The van der Waals surface area contributed by atoms with Crippen LogP contribution in [0.1, 0.15) is 0 Å². The van der Waals surface area contributed by atoms with E-state index in [2.05, 4.69) is 529 Å². The Labute approximate surface area is 782 Å². The van der Waals surface area contributed by atoms with Crippen LogP contribution in [0.3, 0.4) is 0 Å². The van der Waals surface area contributed by atoms with Crippen LogP contribution in [0.5, 0.6) is 0 Å². The molecule has 0 N–H and O–H groups in total. The van der Waals surface area contributed by atoms with Crippen molar-refractivity contribution in [1.82, 2.24) is 13.2 Å². The Bertz CT molecular complexity index is 9290. The van der Waals surface area contributed by atoms with Crippen LogP contribution in [0.25, 0.3) is 259 Å². The quantitative estimate of drug-likeness (QED) is 0.109. The molecule has 0 aliphatic carbocycles. The Hall–Kier alpha value is -17.8. The van der Waals surface area contributed by atoms with Crippen LogP contribution in [0, 0.1) is 0 Å². The van der Waals surface area contributed by atoms with Gasteiger partial charge >= 0.3 is 0 Å². The zero-order valence-electron chi connectivity index (χ0n) is 73.9. The largest absolute Gasteiger partial charge is 0.308 e. The number of fused-ring (bicyclic) bond motifs is 18. The number of hydrogen-bond acceptors (Lipinski definition) is 0. The van der Waals surface area contributed by atoms with Crippen molar-refractivity contribution in [2.24, 2.45) is 0 Å². The first-order valence-electron chi connectivity index (χ1n) is 46.6. The van der Waals surface area contributed by atoms with Crippen LogP contribution in [0.15, 0.2) is 516 Å². The van der Waals surface area contributed by atoms with E-state index in [0.717, 1.165) is 0 Å². The summed E-state index contributed by atoms with van der Waals surface area (Å²) in [5, 5.41) is 15.8. The topological polar surface area (TPSA) is 13.2 Å². The minimum atomic E-state index is 1.21. The first-order chi connectivity index (χ1) is 66.9. The van der Waals surface area contributed by atoms with E-state index < -0.39 is 0 Å². The molecule has 3 heteroatoms. The Balaban J connectivity index is 0.000000106. The predicted octanol–water partition coefficient (Wildman–Crippen LogP) is 36.2. The zero-order chi connectivity index (χ0) is 89.0. The second-order valence-electron chi connectivity index (χ2n) is 35.8. The molecule has 28 rings (SSSR count). The van der Waals surface area contributed by atoms with Crippen molar-refractivity contribution >= 4 is 114 Å². The molecule has 135 heavy (non-hydrogen) atoms. The predicted molar refractivity (Wildman–Crippen MR) is 574 cm³/mol. The fourth-order valence-corrected chi connectivity index (χ4v) is 21.4. The summed E-state index contributed by atoms with van der Waals surface area (Å²) in [7, 11) is 0. The van der Waals surface area contributed by atoms with Crippen molar-refractivity contribution in [1.29, 1.82) is 0 Å². The lowest BCUT2D eigenvalue weighted by Gasteiger charge is -2.12. The van der Waals surface area contributed by atoms with Crippen LogP contribution >= 0.6 is 0 Å². The van der Waals surface area contributed by atoms with E-state index in [1.165, 1.54) is 259 Å². The molecule has 0 saturated heterocycles. The third-order valence-corrected chi connectivity index (χ3v) is 28.0. The molecule has 0 saturated carbocycles. The SMILES string of the molecule is c1ccc(-c2cc(-c3ccccc3)cc(-c3cccc(-c4ccc(-c5ccc6c(c5)c5cccc7c8ccccc8n6c75)cc4)c3)c2)cc1.c1ccc(-c2ccc(-c3ccc(-c4cccc(-c5ccc6c(c5)c5cccc7c8ccccc8n6c75)c4)cc3)cc2)cc1.c1ccc(-c2cccc(-c3ccc(-c4cccc(-c5ccc6c(c5)c5cccc7c8ccccc8n6c75)c4)cc3)c2)cc1. The molecular formula is C132H85N3. The van der Waals surface area contributed by atoms with Crippen molar-refractivity contribution in [3.8, 4) is 145 Å². The maximum absolute atomic E-state index is 2.44. The Kier molecular flexibility index (Phi) is 19.0. The second-order valence-corrected chi connectivity index (χ2v) is 35.8. The number of para-hydroxylation sites is 6. The molecule has 628 valence electrons. The molecule has 0 spiro atoms. The average molecular weight is 1710 g/mol. The van der Waals surface area contributed by atoms with Gasteiger partial charge in [0, 0.05) is 64.6 Å². The maximum Gasteiger partial charge on any atom is 0.0620 e. The average Bonchev–Trinajstić information content (AvgIpc) is 1.55. The molecule has 0 aliphatic rings. The van der Waals surface area contributed by atoms with E-state index in [4.69, 9.17) is 0 Å². The Morgan fingerprint density at radius 3 is 0.496 bits per heavy atom. The van der Waals surface area contributed by atoms with Crippen molar-refractivity contribution in [2.45, 2.75) is 0 Å². The van der Waals surface area contributed by atoms with Gasteiger partial charge in [0.15, 0.2) is 0 Å². The van der Waals surface area contributed by atoms with E-state index in [1.807, 2.05) is 0 Å². The van der Waals surface area contributed by atoms with Gasteiger partial charge in [-0.05, 0) is 242 Å². The molecule has 6 aromatic heterocycles. The lowest BCUT2D eigenvalue weighted by atomic mass is 9.92. The van der Waals surface area contributed by atoms with Crippen molar-refractivity contribution in [3.63, 3.8) is 0 Å². The van der Waals surface area contributed by atoms with Gasteiger partial charge in [-0.1, -0.05) is 419 Å². The van der Waals surface area contributed by atoms with Gasteiger partial charge in [0.25, 0.3) is 0 Å². The summed E-state index contributed by atoms with van der Waals surface area (Å²) >= 11 is 0. The number of nitrogens with zero attached hydrogens (tertiary/aromatic N) is 3. The van der Waals surface area contributed by atoms with Gasteiger partial charge in [-0.2, -0.15) is 0 Å². The molecule has 0 amide bonds. The van der Waals surface area contributed by atoms with E-state index in [1.54, 1.807) is 0 Å². The molecule has 0 radical (unpaired) electrons. The van der Waals surface area contributed by atoms with Crippen LogP contribution in [-0.2, 0) is 0 Å². The zero-order valence-corrected chi connectivity index (χ0v) is 73.9. The third-order valence-electron chi connectivity index (χ3n) is 28.0. The number of aromatic nitrogens is 3. The van der Waals surface area contributed by atoms with Crippen LogP contribution in [-0.4, -0.2) is 13.2 Å². The van der Waals surface area contributed by atoms with Gasteiger partial charge in [0.2, 0.25) is 0 Å². The lowest BCUT2D eigenvalue weighted by molar-refractivity contribution is 1.37. The van der Waals surface area contributed by atoms with Gasteiger partial charge in [0.1, 0.15) is 0 Å². The minimum Gasteiger partial charge on any atom is -0.308 e. The molecule has 28 aromatic rings. The van der Waals surface area contributed by atoms with Crippen molar-refractivity contribution < 1.29 is 0 Å². The minimum absolute atomic E-state index is 1.21. The smallest absolute Gasteiger partial charge is 0.0620 e. The Morgan fingerprint density at radius 1 is 0.0815 bits per heavy atom. The standard InChI is InChI=1S/C48H31N.2C42H27N/c1-3-11-32(12-4-1)39-28-40(33-13-5-2-6-14-33)30-41(29-39)37-16-9-15-36(27-37)34-21-23-35(24-22-34)38-25-26-47-45(31-38)44-19-10-18-43-42-17-7-8-20-46(42)49(47)48(43)44;1-2-9-28(10-3-1)31-11-6-12-32(25-31)29-19-21-30(22-20-29)33-13-7-14-34(26-33)35-23-24-41-39(27-35)38-17-8-16-37-36-15-4-5-18-40(36)43(41)42(37)38;1-2-8-28(9-3-1)29-16-18-30(19-17-29)31-20-22-32(23-21-31)33-10-6-11-34(26-33)35-24-25-41-39(27-35)38-14-7-13-37-36-12-4-5-15-40(36)43(41)42(37)38/h1-31H;2*1-27H. The summed E-state index contributed by atoms with van der Waals surface area (Å²) in [6.45, 7) is 0. The number of hydrogen-bond donors (Lipinski definition) is 0. The summed E-state index contributed by atoms with van der Waals surface area (Å²) < 4.78 is 7.31. The van der Waals surface area contributed by atoms with E-state index in [-0.39, 0.29) is 0 Å². The third kappa shape index (κ3) is 13.7. The normalized spacial score (nSPS) is 11.7. The molecule has 22 aromatic carbocycles. The molecule has 0 aliphatic heterocycles. The van der Waals surface area contributed by atoms with Crippen molar-refractivity contribution in [3.05, 3.63) is 516 Å². The second kappa shape index (κ2) is 32.7. The molecule has 3 nitrogen and oxygen atoms in total. The Morgan fingerprint density at radius 2 is 0.222 bits per heavy atom. The highest BCUT2D eigenvalue weighted by atomic mass is 14.9. The molecule has 6 heterocycles. The maximum atomic E-state index is 2.44. The van der Waals surface area contributed by atoms with Gasteiger partial charge in [-0.25, -0.2) is 0 Å². The lowest BCUT2D eigenvalue weighted by Crippen LogP contribution is -1.87. The van der Waals surface area contributed by atoms with Gasteiger partial charge in [0.05, 0.1) is 49.7 Å². The summed E-state index contributed by atoms with van der Waals surface area (Å²) in [5.74, 6) is 0. The summed E-state index contributed by atoms with van der Waals surface area (Å²) in [6.07, 6.45) is 0. The highest BCUT2D eigenvalue weighted by molar-refractivity contribution is 6.26. The molecule has 0 atom stereocenters. The highest BCUT2D eigenvalue weighted by Gasteiger charge is 2.23. The highest BCUT2D eigenvalue weighted by Crippen LogP contribution is 2.47. The molecular weight excluding hydrogens is 1630 g/mol. The summed E-state index contributed by atoms with van der Waals surface area (Å²) in [4.78, 5) is 0. The van der Waals surface area contributed by atoms with Crippen LogP contribution in [0.4, 0.5) is 0 Å². The molecule has 0 fully saturated rings. The monoisotopic (exact) mass is 1710 g/mol. The molecule has 0 unspecified atom stereocenters.